The molecule has 0 bridgehead atoms. The Bertz CT molecular complexity index is 458. The SMILES string of the molecule is OCCCCCCCC(O)CCCCCCCCCCCCCCCCCCCCCCC(O)CCCCCCO. The zero-order valence-electron chi connectivity index (χ0n) is 27.7. The van der Waals surface area contributed by atoms with Crippen LogP contribution < -0.4 is 0 Å². The Morgan fingerprint density at radius 1 is 0.220 bits per heavy atom. The van der Waals surface area contributed by atoms with Crippen molar-refractivity contribution in [3.63, 3.8) is 0 Å². The highest BCUT2D eigenvalue weighted by atomic mass is 16.3. The fourth-order valence-electron chi connectivity index (χ4n) is 6.10. The summed E-state index contributed by atoms with van der Waals surface area (Å²) in [7, 11) is 0. The van der Waals surface area contributed by atoms with Crippen molar-refractivity contribution in [1.82, 2.24) is 0 Å². The van der Waals surface area contributed by atoms with Gasteiger partial charge < -0.3 is 20.4 Å². The Balaban J connectivity index is 3.14. The van der Waals surface area contributed by atoms with Crippen LogP contribution in [0.1, 0.15) is 212 Å². The molecule has 0 amide bonds. The Morgan fingerprint density at radius 3 is 0.537 bits per heavy atom. The summed E-state index contributed by atoms with van der Waals surface area (Å²) in [5.41, 5.74) is 0. The molecular formula is C37H76O4. The maximum absolute atomic E-state index is 10.1. The normalized spacial score (nSPS) is 13.2. The van der Waals surface area contributed by atoms with Crippen molar-refractivity contribution >= 4 is 0 Å². The fraction of sp³-hybridized carbons (Fsp3) is 1.00. The molecule has 4 N–H and O–H groups in total. The van der Waals surface area contributed by atoms with Gasteiger partial charge in [-0.1, -0.05) is 173 Å². The molecule has 248 valence electrons. The van der Waals surface area contributed by atoms with Gasteiger partial charge >= 0.3 is 0 Å². The summed E-state index contributed by atoms with van der Waals surface area (Å²) >= 11 is 0. The van der Waals surface area contributed by atoms with Crippen molar-refractivity contribution in [3.8, 4) is 0 Å². The van der Waals surface area contributed by atoms with E-state index in [0.29, 0.717) is 13.2 Å². The zero-order valence-corrected chi connectivity index (χ0v) is 27.7. The molecule has 2 unspecified atom stereocenters. The first-order valence-corrected chi connectivity index (χ1v) is 18.8. The number of hydrogen-bond acceptors (Lipinski definition) is 4. The van der Waals surface area contributed by atoms with Crippen LogP contribution in [0.5, 0.6) is 0 Å². The minimum Gasteiger partial charge on any atom is -0.396 e. The standard InChI is InChI=1S/C37H76O4/c38-34-28-22-17-20-26-32-36(40)30-24-18-15-13-11-9-7-5-3-1-2-4-6-8-10-12-14-16-19-25-31-37(41)33-27-21-23-29-35-39/h36-41H,1-35H2. The summed E-state index contributed by atoms with van der Waals surface area (Å²) in [4.78, 5) is 0. The Morgan fingerprint density at radius 2 is 0.366 bits per heavy atom. The van der Waals surface area contributed by atoms with Gasteiger partial charge in [0.05, 0.1) is 12.2 Å². The van der Waals surface area contributed by atoms with E-state index in [2.05, 4.69) is 0 Å². The molecule has 0 aromatic heterocycles. The third-order valence-corrected chi connectivity index (χ3v) is 8.97. The highest BCUT2D eigenvalue weighted by Gasteiger charge is 2.05. The number of unbranched alkanes of at least 4 members (excludes halogenated alkanes) is 26. The Hall–Kier alpha value is -0.160. The molecule has 0 heterocycles. The first-order valence-electron chi connectivity index (χ1n) is 18.8. The molecule has 0 aliphatic carbocycles. The average Bonchev–Trinajstić information content (AvgIpc) is 2.97. The van der Waals surface area contributed by atoms with E-state index in [4.69, 9.17) is 10.2 Å². The molecule has 41 heavy (non-hydrogen) atoms. The second-order valence-electron chi connectivity index (χ2n) is 13.2. The molecule has 2 atom stereocenters. The zero-order chi connectivity index (χ0) is 29.9. The predicted octanol–water partition coefficient (Wildman–Crippen LogP) is 10.6. The first kappa shape index (κ1) is 40.8. The van der Waals surface area contributed by atoms with Gasteiger partial charge in [0.2, 0.25) is 0 Å². The second-order valence-corrected chi connectivity index (χ2v) is 13.2. The van der Waals surface area contributed by atoms with Crippen LogP contribution >= 0.6 is 0 Å². The maximum Gasteiger partial charge on any atom is 0.0540 e. The first-order chi connectivity index (χ1) is 20.2. The molecule has 0 aromatic rings. The highest BCUT2D eigenvalue weighted by Crippen LogP contribution is 2.17. The van der Waals surface area contributed by atoms with E-state index in [1.165, 1.54) is 141 Å². The molecule has 0 spiro atoms. The summed E-state index contributed by atoms with van der Waals surface area (Å²) in [6, 6.07) is 0. The van der Waals surface area contributed by atoms with Crippen LogP contribution in [0, 0.1) is 0 Å². The molecule has 4 heteroatoms. The van der Waals surface area contributed by atoms with E-state index in [0.717, 1.165) is 70.6 Å². The molecule has 0 saturated heterocycles. The van der Waals surface area contributed by atoms with Gasteiger partial charge in [0.15, 0.2) is 0 Å². The number of hydrogen-bond donors (Lipinski definition) is 4. The number of rotatable bonds is 36. The summed E-state index contributed by atoms with van der Waals surface area (Å²) in [5.74, 6) is 0. The molecule has 0 aliphatic heterocycles. The summed E-state index contributed by atoms with van der Waals surface area (Å²) < 4.78 is 0. The lowest BCUT2D eigenvalue weighted by atomic mass is 10.0. The molecule has 0 aromatic carbocycles. The third-order valence-electron chi connectivity index (χ3n) is 8.97. The van der Waals surface area contributed by atoms with Crippen LogP contribution in [0.4, 0.5) is 0 Å². The molecule has 0 fully saturated rings. The molecule has 4 nitrogen and oxygen atoms in total. The van der Waals surface area contributed by atoms with E-state index < -0.39 is 0 Å². The van der Waals surface area contributed by atoms with Crippen molar-refractivity contribution in [2.75, 3.05) is 13.2 Å². The molecule has 0 radical (unpaired) electrons. The van der Waals surface area contributed by atoms with Gasteiger partial charge in [-0.15, -0.1) is 0 Å². The Labute approximate surface area is 257 Å². The van der Waals surface area contributed by atoms with E-state index in [1.54, 1.807) is 0 Å². The number of aliphatic hydroxyl groups excluding tert-OH is 4. The fourth-order valence-corrected chi connectivity index (χ4v) is 6.10. The minimum atomic E-state index is -0.105. The maximum atomic E-state index is 10.1. The van der Waals surface area contributed by atoms with Gasteiger partial charge in [0.25, 0.3) is 0 Å². The summed E-state index contributed by atoms with van der Waals surface area (Å²) in [6.45, 7) is 0.615. The van der Waals surface area contributed by atoms with E-state index in [-0.39, 0.29) is 12.2 Å². The largest absolute Gasteiger partial charge is 0.396 e. The van der Waals surface area contributed by atoms with Gasteiger partial charge in [0.1, 0.15) is 0 Å². The number of aliphatic hydroxyl groups is 4. The van der Waals surface area contributed by atoms with Gasteiger partial charge in [0, 0.05) is 13.2 Å². The Kier molecular flexibility index (Phi) is 35.9. The lowest BCUT2D eigenvalue weighted by Crippen LogP contribution is -2.06. The highest BCUT2D eigenvalue weighted by molar-refractivity contribution is 4.59. The smallest absolute Gasteiger partial charge is 0.0540 e. The van der Waals surface area contributed by atoms with Crippen LogP contribution in [0.2, 0.25) is 0 Å². The van der Waals surface area contributed by atoms with Crippen LogP contribution in [0.15, 0.2) is 0 Å². The van der Waals surface area contributed by atoms with Gasteiger partial charge in [-0.25, -0.2) is 0 Å². The quantitative estimate of drug-likeness (QED) is 0.0552. The molecule has 0 aliphatic rings. The molecular weight excluding hydrogens is 508 g/mol. The van der Waals surface area contributed by atoms with Crippen LogP contribution in [-0.4, -0.2) is 45.8 Å². The molecule has 0 rings (SSSR count). The van der Waals surface area contributed by atoms with Gasteiger partial charge in [-0.2, -0.15) is 0 Å². The van der Waals surface area contributed by atoms with Crippen LogP contribution in [0.25, 0.3) is 0 Å². The van der Waals surface area contributed by atoms with Crippen molar-refractivity contribution in [2.24, 2.45) is 0 Å². The topological polar surface area (TPSA) is 80.9 Å². The summed E-state index contributed by atoms with van der Waals surface area (Å²) in [5, 5.41) is 37.7. The van der Waals surface area contributed by atoms with Gasteiger partial charge in [-0.3, -0.25) is 0 Å². The molecule has 0 saturated carbocycles. The van der Waals surface area contributed by atoms with Crippen molar-refractivity contribution in [2.45, 2.75) is 224 Å². The van der Waals surface area contributed by atoms with E-state index in [1.807, 2.05) is 0 Å². The van der Waals surface area contributed by atoms with Crippen molar-refractivity contribution in [3.05, 3.63) is 0 Å². The van der Waals surface area contributed by atoms with E-state index >= 15 is 0 Å². The second kappa shape index (κ2) is 36.0. The lowest BCUT2D eigenvalue weighted by molar-refractivity contribution is 0.146. The van der Waals surface area contributed by atoms with Crippen LogP contribution in [0.3, 0.4) is 0 Å². The van der Waals surface area contributed by atoms with Crippen LogP contribution in [-0.2, 0) is 0 Å². The lowest BCUT2D eigenvalue weighted by Gasteiger charge is -2.10. The summed E-state index contributed by atoms with van der Waals surface area (Å²) in [6.07, 6.45) is 40.8. The monoisotopic (exact) mass is 585 g/mol. The van der Waals surface area contributed by atoms with Crippen molar-refractivity contribution < 1.29 is 20.4 Å². The van der Waals surface area contributed by atoms with E-state index in [9.17, 15) is 10.2 Å². The van der Waals surface area contributed by atoms with Crippen molar-refractivity contribution in [1.29, 1.82) is 0 Å². The minimum absolute atomic E-state index is 0.0929. The predicted molar refractivity (Wildman–Crippen MR) is 179 cm³/mol. The third kappa shape index (κ3) is 35.9. The van der Waals surface area contributed by atoms with Gasteiger partial charge in [-0.05, 0) is 38.5 Å². The average molecular weight is 585 g/mol.